The van der Waals surface area contributed by atoms with Crippen molar-refractivity contribution in [2.75, 3.05) is 20.2 Å². The molecule has 0 atom stereocenters. The number of carboxylic acid groups (broad SMARTS) is 1. The number of aryl methyl sites for hydroxylation is 2. The van der Waals surface area contributed by atoms with Crippen LogP contribution in [0.25, 0.3) is 0 Å². The molecule has 0 radical (unpaired) electrons. The molecular formula is C17H25NO5S. The summed E-state index contributed by atoms with van der Waals surface area (Å²) < 4.78 is 33.0. The number of rotatable bonds is 5. The molecule has 0 spiro atoms. The largest absolute Gasteiger partial charge is 0.481 e. The highest BCUT2D eigenvalue weighted by atomic mass is 32.2. The van der Waals surface area contributed by atoms with Crippen LogP contribution >= 0.6 is 0 Å². The Balaban J connectivity index is 2.45. The summed E-state index contributed by atoms with van der Waals surface area (Å²) in [6.45, 7) is 6.12. The minimum absolute atomic E-state index is 0.0965. The first-order valence-corrected chi connectivity index (χ1v) is 9.47. The van der Waals surface area contributed by atoms with Crippen LogP contribution in [0, 0.1) is 20.8 Å². The normalized spacial score (nSPS) is 17.2. The molecule has 0 aliphatic carbocycles. The van der Waals surface area contributed by atoms with Gasteiger partial charge in [-0.1, -0.05) is 6.07 Å². The molecule has 1 aliphatic rings. The van der Waals surface area contributed by atoms with Crippen LogP contribution in [0.2, 0.25) is 0 Å². The second-order valence-corrected chi connectivity index (χ2v) is 8.23. The Kier molecular flexibility index (Phi) is 5.67. The number of carboxylic acids is 1. The molecule has 24 heavy (non-hydrogen) atoms. The number of piperidine rings is 1. The maximum atomic E-state index is 13.1. The molecule has 1 aliphatic heterocycles. The quantitative estimate of drug-likeness (QED) is 0.874. The van der Waals surface area contributed by atoms with Gasteiger partial charge in [-0.3, -0.25) is 4.79 Å². The zero-order valence-corrected chi connectivity index (χ0v) is 15.4. The molecule has 1 aromatic rings. The molecule has 1 aromatic carbocycles. The summed E-state index contributed by atoms with van der Waals surface area (Å²) in [5.74, 6) is -0.964. The van der Waals surface area contributed by atoms with E-state index >= 15 is 0 Å². The second-order valence-electron chi connectivity index (χ2n) is 6.35. The zero-order chi connectivity index (χ0) is 18.1. The third-order valence-corrected chi connectivity index (χ3v) is 6.91. The van der Waals surface area contributed by atoms with Crippen LogP contribution in [0.15, 0.2) is 11.0 Å². The second kappa shape index (κ2) is 7.21. The van der Waals surface area contributed by atoms with Gasteiger partial charge in [-0.25, -0.2) is 8.42 Å². The SMILES string of the molecule is COC1CCN(S(=O)(=O)c2c(C)cc(C)c(CC(=O)O)c2C)CC1. The third-order valence-electron chi connectivity index (χ3n) is 4.72. The number of nitrogens with zero attached hydrogens (tertiary/aromatic N) is 1. The van der Waals surface area contributed by atoms with Crippen LogP contribution in [-0.2, 0) is 26.0 Å². The van der Waals surface area contributed by atoms with Crippen LogP contribution in [0.5, 0.6) is 0 Å². The first kappa shape index (κ1) is 18.9. The summed E-state index contributed by atoms with van der Waals surface area (Å²) in [7, 11) is -2.01. The van der Waals surface area contributed by atoms with Crippen LogP contribution in [0.4, 0.5) is 0 Å². The molecular weight excluding hydrogens is 330 g/mol. The number of benzene rings is 1. The first-order valence-electron chi connectivity index (χ1n) is 8.03. The van der Waals surface area contributed by atoms with Crippen LogP contribution in [-0.4, -0.2) is 50.1 Å². The average Bonchev–Trinajstić information content (AvgIpc) is 2.50. The molecule has 0 amide bonds. The van der Waals surface area contributed by atoms with Crippen LogP contribution < -0.4 is 0 Å². The maximum Gasteiger partial charge on any atom is 0.307 e. The van der Waals surface area contributed by atoms with Gasteiger partial charge >= 0.3 is 5.97 Å². The Labute approximate surface area is 143 Å². The number of aliphatic carboxylic acids is 1. The lowest BCUT2D eigenvalue weighted by atomic mass is 9.97. The first-order chi connectivity index (χ1) is 11.2. The standard InChI is InChI=1S/C17H25NO5S/c1-11-9-12(2)17(13(3)15(11)10-16(19)20)24(21,22)18-7-5-14(23-4)6-8-18/h9,14H,5-8,10H2,1-4H3,(H,19,20). The fraction of sp³-hybridized carbons (Fsp3) is 0.588. The summed E-state index contributed by atoms with van der Waals surface area (Å²) in [6.07, 6.45) is 1.26. The Morgan fingerprint density at radius 2 is 1.83 bits per heavy atom. The molecule has 2 rings (SSSR count). The van der Waals surface area contributed by atoms with Crippen molar-refractivity contribution in [1.29, 1.82) is 0 Å². The lowest BCUT2D eigenvalue weighted by Gasteiger charge is -2.31. The predicted octanol–water partition coefficient (Wildman–Crippen LogP) is 2.04. The summed E-state index contributed by atoms with van der Waals surface area (Å²) in [5.41, 5.74) is 2.60. The van der Waals surface area contributed by atoms with Gasteiger partial charge < -0.3 is 9.84 Å². The van der Waals surface area contributed by atoms with Crippen molar-refractivity contribution >= 4 is 16.0 Å². The van der Waals surface area contributed by atoms with E-state index in [1.54, 1.807) is 27.0 Å². The Hall–Kier alpha value is -1.44. The molecule has 1 saturated heterocycles. The van der Waals surface area contributed by atoms with Gasteiger partial charge in [0.05, 0.1) is 17.4 Å². The van der Waals surface area contributed by atoms with Crippen molar-refractivity contribution in [2.24, 2.45) is 0 Å². The van der Waals surface area contributed by atoms with E-state index in [2.05, 4.69) is 0 Å². The molecule has 0 unspecified atom stereocenters. The number of hydrogen-bond donors (Lipinski definition) is 1. The summed E-state index contributed by atoms with van der Waals surface area (Å²) >= 11 is 0. The van der Waals surface area contributed by atoms with Crippen molar-refractivity contribution in [3.8, 4) is 0 Å². The molecule has 0 bridgehead atoms. The Bertz CT molecular complexity index is 734. The number of carbonyl (C=O) groups is 1. The van der Waals surface area contributed by atoms with E-state index in [0.29, 0.717) is 42.6 Å². The van der Waals surface area contributed by atoms with Gasteiger partial charge in [0.1, 0.15) is 0 Å². The van der Waals surface area contributed by atoms with Gasteiger partial charge in [-0.2, -0.15) is 4.31 Å². The molecule has 1 N–H and O–H groups in total. The molecule has 134 valence electrons. The van der Waals surface area contributed by atoms with Crippen molar-refractivity contribution in [3.63, 3.8) is 0 Å². The predicted molar refractivity (Wildman–Crippen MR) is 90.8 cm³/mol. The van der Waals surface area contributed by atoms with E-state index in [9.17, 15) is 13.2 Å². The smallest absolute Gasteiger partial charge is 0.307 e. The third kappa shape index (κ3) is 3.63. The highest BCUT2D eigenvalue weighted by Gasteiger charge is 2.32. The monoisotopic (exact) mass is 355 g/mol. The van der Waals surface area contributed by atoms with E-state index in [0.717, 1.165) is 5.56 Å². The van der Waals surface area contributed by atoms with E-state index < -0.39 is 16.0 Å². The lowest BCUT2D eigenvalue weighted by molar-refractivity contribution is -0.136. The van der Waals surface area contributed by atoms with Gasteiger partial charge in [0.25, 0.3) is 0 Å². The summed E-state index contributed by atoms with van der Waals surface area (Å²) in [5, 5.41) is 9.11. The summed E-state index contributed by atoms with van der Waals surface area (Å²) in [6, 6.07) is 1.76. The Morgan fingerprint density at radius 3 is 2.33 bits per heavy atom. The van der Waals surface area contributed by atoms with E-state index in [1.165, 1.54) is 4.31 Å². The van der Waals surface area contributed by atoms with Crippen molar-refractivity contribution in [2.45, 2.75) is 51.0 Å². The number of hydrogen-bond acceptors (Lipinski definition) is 4. The number of methoxy groups -OCH3 is 1. The van der Waals surface area contributed by atoms with E-state index in [1.807, 2.05) is 6.92 Å². The van der Waals surface area contributed by atoms with E-state index in [-0.39, 0.29) is 17.4 Å². The molecule has 6 nitrogen and oxygen atoms in total. The number of ether oxygens (including phenoxy) is 1. The van der Waals surface area contributed by atoms with Gasteiger partial charge in [0.15, 0.2) is 0 Å². The van der Waals surface area contributed by atoms with Crippen molar-refractivity contribution in [1.82, 2.24) is 4.31 Å². The highest BCUT2D eigenvalue weighted by Crippen LogP contribution is 2.30. The topological polar surface area (TPSA) is 83.9 Å². The minimum Gasteiger partial charge on any atom is -0.481 e. The van der Waals surface area contributed by atoms with Crippen molar-refractivity contribution in [3.05, 3.63) is 28.3 Å². The highest BCUT2D eigenvalue weighted by molar-refractivity contribution is 7.89. The zero-order valence-electron chi connectivity index (χ0n) is 14.6. The fourth-order valence-corrected chi connectivity index (χ4v) is 5.39. The fourth-order valence-electron chi connectivity index (χ4n) is 3.46. The molecule has 7 heteroatoms. The average molecular weight is 355 g/mol. The van der Waals surface area contributed by atoms with Crippen LogP contribution in [0.1, 0.15) is 35.1 Å². The summed E-state index contributed by atoms with van der Waals surface area (Å²) in [4.78, 5) is 11.4. The number of sulfonamides is 1. The van der Waals surface area contributed by atoms with Crippen LogP contribution in [0.3, 0.4) is 0 Å². The molecule has 1 fully saturated rings. The van der Waals surface area contributed by atoms with E-state index in [4.69, 9.17) is 9.84 Å². The lowest BCUT2D eigenvalue weighted by Crippen LogP contribution is -2.41. The van der Waals surface area contributed by atoms with Gasteiger partial charge in [-0.15, -0.1) is 0 Å². The van der Waals surface area contributed by atoms with Gasteiger partial charge in [-0.05, 0) is 55.9 Å². The van der Waals surface area contributed by atoms with Crippen molar-refractivity contribution < 1.29 is 23.1 Å². The molecule has 1 heterocycles. The molecule has 0 aromatic heterocycles. The van der Waals surface area contributed by atoms with Gasteiger partial charge in [0, 0.05) is 20.2 Å². The maximum absolute atomic E-state index is 13.1. The molecule has 0 saturated carbocycles. The Morgan fingerprint density at radius 1 is 1.25 bits per heavy atom. The van der Waals surface area contributed by atoms with Gasteiger partial charge in [0.2, 0.25) is 10.0 Å². The minimum atomic E-state index is -3.65.